The Kier molecular flexibility index (Phi) is 6.37. The second-order valence-electron chi connectivity index (χ2n) is 7.67. The predicted octanol–water partition coefficient (Wildman–Crippen LogP) is 4.37. The molecule has 0 radical (unpaired) electrons. The van der Waals surface area contributed by atoms with Crippen LogP contribution in [0.3, 0.4) is 0 Å². The number of aryl methyl sites for hydroxylation is 2. The summed E-state index contributed by atoms with van der Waals surface area (Å²) >= 11 is 1.22. The van der Waals surface area contributed by atoms with Crippen molar-refractivity contribution in [2.24, 2.45) is 0 Å². The summed E-state index contributed by atoms with van der Waals surface area (Å²) in [6, 6.07) is 18.8. The highest BCUT2D eigenvalue weighted by Gasteiger charge is 2.16. The van der Waals surface area contributed by atoms with Crippen LogP contribution in [0.15, 0.2) is 76.8 Å². The van der Waals surface area contributed by atoms with E-state index in [0.717, 1.165) is 5.56 Å². The van der Waals surface area contributed by atoms with Gasteiger partial charge in [-0.05, 0) is 61.7 Å². The molecular formula is C25H24N4O2S. The van der Waals surface area contributed by atoms with Crippen LogP contribution in [0.5, 0.6) is 0 Å². The van der Waals surface area contributed by atoms with Crippen molar-refractivity contribution in [2.45, 2.75) is 32.0 Å². The maximum absolute atomic E-state index is 13.2. The third-order valence-electron chi connectivity index (χ3n) is 5.37. The molecule has 1 amide bonds. The van der Waals surface area contributed by atoms with Gasteiger partial charge in [-0.1, -0.05) is 48.2 Å². The van der Waals surface area contributed by atoms with Crippen molar-refractivity contribution in [1.82, 2.24) is 19.9 Å². The van der Waals surface area contributed by atoms with Crippen LogP contribution in [0.2, 0.25) is 0 Å². The second-order valence-corrected chi connectivity index (χ2v) is 8.61. The lowest BCUT2D eigenvalue weighted by Gasteiger charge is -2.16. The molecule has 7 heteroatoms. The van der Waals surface area contributed by atoms with Gasteiger partial charge < -0.3 is 5.32 Å². The van der Waals surface area contributed by atoms with E-state index in [1.165, 1.54) is 27.5 Å². The number of carbonyl (C=O) groups is 1. The SMILES string of the molecule is Cc1ccc(C(C)NC(=O)CSc2nc3ncccc3c(=O)n2-c2ccccc2)cc1C. The molecule has 1 atom stereocenters. The molecule has 0 spiro atoms. The second kappa shape index (κ2) is 9.36. The van der Waals surface area contributed by atoms with Crippen molar-refractivity contribution in [2.75, 3.05) is 5.75 Å². The van der Waals surface area contributed by atoms with Gasteiger partial charge in [-0.15, -0.1) is 0 Å². The number of carbonyl (C=O) groups excluding carboxylic acids is 1. The zero-order chi connectivity index (χ0) is 22.7. The minimum Gasteiger partial charge on any atom is -0.349 e. The van der Waals surface area contributed by atoms with Crippen LogP contribution in [0, 0.1) is 13.8 Å². The van der Waals surface area contributed by atoms with Gasteiger partial charge in [-0.25, -0.2) is 9.97 Å². The zero-order valence-corrected chi connectivity index (χ0v) is 19.0. The Balaban J connectivity index is 1.58. The Labute approximate surface area is 190 Å². The van der Waals surface area contributed by atoms with Gasteiger partial charge in [-0.3, -0.25) is 14.2 Å². The van der Waals surface area contributed by atoms with Crippen molar-refractivity contribution < 1.29 is 4.79 Å². The molecular weight excluding hydrogens is 420 g/mol. The lowest BCUT2D eigenvalue weighted by molar-refractivity contribution is -0.119. The number of nitrogens with zero attached hydrogens (tertiary/aromatic N) is 3. The molecule has 1 N–H and O–H groups in total. The fourth-order valence-corrected chi connectivity index (χ4v) is 4.24. The first kappa shape index (κ1) is 21.8. The summed E-state index contributed by atoms with van der Waals surface area (Å²) in [5, 5.41) is 3.90. The molecule has 2 aromatic heterocycles. The van der Waals surface area contributed by atoms with Gasteiger partial charge in [0.15, 0.2) is 10.8 Å². The highest BCUT2D eigenvalue weighted by molar-refractivity contribution is 7.99. The van der Waals surface area contributed by atoms with E-state index < -0.39 is 0 Å². The van der Waals surface area contributed by atoms with Crippen LogP contribution in [0.25, 0.3) is 16.7 Å². The molecule has 0 bridgehead atoms. The van der Waals surface area contributed by atoms with Crippen molar-refractivity contribution in [3.63, 3.8) is 0 Å². The molecule has 0 fully saturated rings. The molecule has 162 valence electrons. The van der Waals surface area contributed by atoms with Gasteiger partial charge in [-0.2, -0.15) is 0 Å². The summed E-state index contributed by atoms with van der Waals surface area (Å²) in [6.45, 7) is 6.09. The quantitative estimate of drug-likeness (QED) is 0.353. The van der Waals surface area contributed by atoms with Crippen LogP contribution < -0.4 is 10.9 Å². The highest BCUT2D eigenvalue weighted by Crippen LogP contribution is 2.21. The maximum atomic E-state index is 13.2. The van der Waals surface area contributed by atoms with Crippen molar-refractivity contribution in [1.29, 1.82) is 0 Å². The van der Waals surface area contributed by atoms with Gasteiger partial charge in [0.25, 0.3) is 5.56 Å². The van der Waals surface area contributed by atoms with Gasteiger partial charge in [0.1, 0.15) is 0 Å². The number of thioether (sulfide) groups is 1. The zero-order valence-electron chi connectivity index (χ0n) is 18.2. The minimum atomic E-state index is -0.208. The number of fused-ring (bicyclic) bond motifs is 1. The Morgan fingerprint density at radius 1 is 1.06 bits per heavy atom. The first-order valence-electron chi connectivity index (χ1n) is 10.4. The molecule has 6 nitrogen and oxygen atoms in total. The number of hydrogen-bond acceptors (Lipinski definition) is 5. The van der Waals surface area contributed by atoms with E-state index in [4.69, 9.17) is 0 Å². The van der Waals surface area contributed by atoms with Crippen LogP contribution in [-0.2, 0) is 4.79 Å². The Morgan fingerprint density at radius 3 is 2.59 bits per heavy atom. The molecule has 1 unspecified atom stereocenters. The van der Waals surface area contributed by atoms with E-state index in [0.29, 0.717) is 21.9 Å². The first-order chi connectivity index (χ1) is 15.4. The van der Waals surface area contributed by atoms with Crippen LogP contribution in [-0.4, -0.2) is 26.2 Å². The molecule has 0 saturated carbocycles. The van der Waals surface area contributed by atoms with Gasteiger partial charge in [0.2, 0.25) is 5.91 Å². The summed E-state index contributed by atoms with van der Waals surface area (Å²) in [4.78, 5) is 34.7. The smallest absolute Gasteiger partial charge is 0.268 e. The number of pyridine rings is 1. The molecule has 2 heterocycles. The lowest BCUT2D eigenvalue weighted by atomic mass is 10.0. The number of amides is 1. The monoisotopic (exact) mass is 444 g/mol. The van der Waals surface area contributed by atoms with E-state index in [1.54, 1.807) is 18.3 Å². The standard InChI is InChI=1S/C25H24N4O2S/c1-16-11-12-19(14-17(16)2)18(3)27-22(30)15-32-25-28-23-21(10-7-13-26-23)24(31)29(25)20-8-5-4-6-9-20/h4-14,18H,15H2,1-3H3,(H,27,30). The number of aromatic nitrogens is 3. The molecule has 2 aromatic carbocycles. The fourth-order valence-electron chi connectivity index (χ4n) is 3.43. The first-order valence-corrected chi connectivity index (χ1v) is 11.3. The summed E-state index contributed by atoms with van der Waals surface area (Å²) < 4.78 is 1.54. The van der Waals surface area contributed by atoms with Crippen LogP contribution in [0.4, 0.5) is 0 Å². The molecule has 0 aliphatic rings. The average Bonchev–Trinajstić information content (AvgIpc) is 2.80. The van der Waals surface area contributed by atoms with Gasteiger partial charge in [0, 0.05) is 6.20 Å². The number of para-hydroxylation sites is 1. The van der Waals surface area contributed by atoms with E-state index in [9.17, 15) is 9.59 Å². The highest BCUT2D eigenvalue weighted by atomic mass is 32.2. The summed E-state index contributed by atoms with van der Waals surface area (Å²) in [7, 11) is 0. The molecule has 4 rings (SSSR count). The Morgan fingerprint density at radius 2 is 1.84 bits per heavy atom. The molecule has 4 aromatic rings. The minimum absolute atomic E-state index is 0.120. The van der Waals surface area contributed by atoms with Crippen LogP contribution in [0.1, 0.15) is 29.7 Å². The van der Waals surface area contributed by atoms with E-state index in [2.05, 4.69) is 41.3 Å². The van der Waals surface area contributed by atoms with E-state index >= 15 is 0 Å². The van der Waals surface area contributed by atoms with Crippen LogP contribution >= 0.6 is 11.8 Å². The summed E-state index contributed by atoms with van der Waals surface area (Å²) in [6.07, 6.45) is 1.61. The average molecular weight is 445 g/mol. The summed E-state index contributed by atoms with van der Waals surface area (Å²) in [5.41, 5.74) is 4.33. The maximum Gasteiger partial charge on any atom is 0.268 e. The fraction of sp³-hybridized carbons (Fsp3) is 0.200. The molecule has 32 heavy (non-hydrogen) atoms. The predicted molar refractivity (Wildman–Crippen MR) is 128 cm³/mol. The number of nitrogens with one attached hydrogen (secondary N) is 1. The third-order valence-corrected chi connectivity index (χ3v) is 6.31. The van der Waals surface area contributed by atoms with Crippen molar-refractivity contribution in [3.8, 4) is 5.69 Å². The van der Waals surface area contributed by atoms with Crippen molar-refractivity contribution in [3.05, 3.63) is 93.9 Å². The Bertz CT molecular complexity index is 1340. The van der Waals surface area contributed by atoms with E-state index in [1.807, 2.05) is 43.3 Å². The number of benzene rings is 2. The topological polar surface area (TPSA) is 76.9 Å². The number of hydrogen-bond donors (Lipinski definition) is 1. The normalized spacial score (nSPS) is 12.0. The third kappa shape index (κ3) is 4.57. The van der Waals surface area contributed by atoms with Crippen molar-refractivity contribution >= 4 is 28.7 Å². The number of rotatable bonds is 6. The van der Waals surface area contributed by atoms with E-state index in [-0.39, 0.29) is 23.3 Å². The molecule has 0 saturated heterocycles. The Hall–Kier alpha value is -3.45. The largest absolute Gasteiger partial charge is 0.349 e. The lowest BCUT2D eigenvalue weighted by Crippen LogP contribution is -2.29. The van der Waals surface area contributed by atoms with Gasteiger partial charge in [0.05, 0.1) is 22.9 Å². The van der Waals surface area contributed by atoms with Gasteiger partial charge >= 0.3 is 0 Å². The molecule has 0 aliphatic heterocycles. The summed E-state index contributed by atoms with van der Waals surface area (Å²) in [5.74, 6) is 0.00277. The molecule has 0 aliphatic carbocycles.